The molecule has 110 valence electrons. The third-order valence-electron chi connectivity index (χ3n) is 2.91. The number of ether oxygens (including phenoxy) is 1. The predicted octanol–water partition coefficient (Wildman–Crippen LogP) is 4.47. The van der Waals surface area contributed by atoms with Crippen molar-refractivity contribution < 1.29 is 9.53 Å². The number of halogens is 2. The summed E-state index contributed by atoms with van der Waals surface area (Å²) in [4.78, 5) is 11.9. The molecule has 0 saturated carbocycles. The highest BCUT2D eigenvalue weighted by atomic mass is 79.9. The van der Waals surface area contributed by atoms with E-state index in [9.17, 15) is 4.79 Å². The van der Waals surface area contributed by atoms with E-state index in [1.54, 1.807) is 0 Å². The first-order valence-electron chi connectivity index (χ1n) is 6.48. The number of hydrogen-bond donors (Lipinski definition) is 1. The van der Waals surface area contributed by atoms with Gasteiger partial charge in [0.05, 0.1) is 6.04 Å². The smallest absolute Gasteiger partial charge is 0.258 e. The Kier molecular flexibility index (Phi) is 5.82. The normalized spacial score (nSPS) is 11.8. The van der Waals surface area contributed by atoms with Gasteiger partial charge in [-0.15, -0.1) is 0 Å². The summed E-state index contributed by atoms with van der Waals surface area (Å²) in [6.07, 6.45) is 0. The maximum Gasteiger partial charge on any atom is 0.258 e. The highest BCUT2D eigenvalue weighted by molar-refractivity contribution is 9.10. The second-order valence-electron chi connectivity index (χ2n) is 4.59. The van der Waals surface area contributed by atoms with Crippen LogP contribution < -0.4 is 10.1 Å². The molecule has 0 spiro atoms. The third kappa shape index (κ3) is 5.17. The van der Waals surface area contributed by atoms with Crippen molar-refractivity contribution in [3.05, 3.63) is 63.0 Å². The van der Waals surface area contributed by atoms with Gasteiger partial charge in [0, 0.05) is 8.95 Å². The third-order valence-corrected chi connectivity index (χ3v) is 3.94. The van der Waals surface area contributed by atoms with Crippen LogP contribution in [0.15, 0.2) is 57.5 Å². The molecule has 2 aromatic carbocycles. The molecule has 0 aliphatic heterocycles. The quantitative estimate of drug-likeness (QED) is 0.786. The van der Waals surface area contributed by atoms with Gasteiger partial charge in [-0.05, 0) is 42.8 Å². The molecule has 0 aromatic heterocycles. The highest BCUT2D eigenvalue weighted by Crippen LogP contribution is 2.18. The largest absolute Gasteiger partial charge is 0.484 e. The molecule has 0 fully saturated rings. The fourth-order valence-corrected chi connectivity index (χ4v) is 2.47. The van der Waals surface area contributed by atoms with E-state index in [4.69, 9.17) is 4.74 Å². The molecule has 2 aromatic rings. The monoisotopic (exact) mass is 411 g/mol. The van der Waals surface area contributed by atoms with E-state index < -0.39 is 0 Å². The molecule has 3 nitrogen and oxygen atoms in total. The van der Waals surface area contributed by atoms with Gasteiger partial charge in [0.15, 0.2) is 6.61 Å². The van der Waals surface area contributed by atoms with Gasteiger partial charge in [0.2, 0.25) is 0 Å². The summed E-state index contributed by atoms with van der Waals surface area (Å²) in [5.41, 5.74) is 1.05. The van der Waals surface area contributed by atoms with Crippen LogP contribution in [0.2, 0.25) is 0 Å². The van der Waals surface area contributed by atoms with Crippen molar-refractivity contribution >= 4 is 37.8 Å². The van der Waals surface area contributed by atoms with Crippen LogP contribution in [0.1, 0.15) is 18.5 Å². The van der Waals surface area contributed by atoms with Gasteiger partial charge in [-0.1, -0.05) is 50.1 Å². The van der Waals surface area contributed by atoms with E-state index in [1.807, 2.05) is 55.5 Å². The van der Waals surface area contributed by atoms with Gasteiger partial charge in [0.1, 0.15) is 5.75 Å². The van der Waals surface area contributed by atoms with Crippen LogP contribution in [0, 0.1) is 0 Å². The average molecular weight is 413 g/mol. The van der Waals surface area contributed by atoms with Crippen molar-refractivity contribution in [3.8, 4) is 5.75 Å². The topological polar surface area (TPSA) is 38.3 Å². The Labute approximate surface area is 141 Å². The van der Waals surface area contributed by atoms with Crippen LogP contribution in [-0.4, -0.2) is 12.5 Å². The summed E-state index contributed by atoms with van der Waals surface area (Å²) in [5, 5.41) is 2.91. The van der Waals surface area contributed by atoms with Crippen molar-refractivity contribution in [2.24, 2.45) is 0 Å². The molecular formula is C16H15Br2NO2. The maximum atomic E-state index is 11.9. The lowest BCUT2D eigenvalue weighted by molar-refractivity contribution is -0.123. The van der Waals surface area contributed by atoms with Gasteiger partial charge in [-0.25, -0.2) is 0 Å². The fraction of sp³-hybridized carbons (Fsp3) is 0.188. The number of benzene rings is 2. The molecule has 0 bridgehead atoms. The zero-order valence-electron chi connectivity index (χ0n) is 11.5. The number of hydrogen-bond acceptors (Lipinski definition) is 2. The van der Waals surface area contributed by atoms with Gasteiger partial charge < -0.3 is 10.1 Å². The Balaban J connectivity index is 1.85. The van der Waals surface area contributed by atoms with E-state index in [-0.39, 0.29) is 18.6 Å². The van der Waals surface area contributed by atoms with Crippen LogP contribution >= 0.6 is 31.9 Å². The predicted molar refractivity (Wildman–Crippen MR) is 90.3 cm³/mol. The summed E-state index contributed by atoms with van der Waals surface area (Å²) < 4.78 is 7.39. The Hall–Kier alpha value is -1.33. The molecule has 1 N–H and O–H groups in total. The molecule has 0 unspecified atom stereocenters. The molecule has 21 heavy (non-hydrogen) atoms. The first-order chi connectivity index (χ1) is 10.0. The van der Waals surface area contributed by atoms with Crippen LogP contribution in [-0.2, 0) is 4.79 Å². The minimum atomic E-state index is -0.148. The number of nitrogens with one attached hydrogen (secondary N) is 1. The SMILES string of the molecule is C[C@@H](NC(=O)COc1cccc(Br)c1)c1ccc(Br)cc1. The summed E-state index contributed by atoms with van der Waals surface area (Å²) in [6.45, 7) is 1.94. The number of rotatable bonds is 5. The lowest BCUT2D eigenvalue weighted by Gasteiger charge is -2.15. The molecular weight excluding hydrogens is 398 g/mol. The minimum Gasteiger partial charge on any atom is -0.484 e. The molecule has 0 aliphatic rings. The molecule has 0 radical (unpaired) electrons. The van der Waals surface area contributed by atoms with Crippen LogP contribution in [0.4, 0.5) is 0 Å². The summed E-state index contributed by atoms with van der Waals surface area (Å²) >= 11 is 6.75. The summed E-state index contributed by atoms with van der Waals surface area (Å²) in [5.74, 6) is 0.515. The van der Waals surface area contributed by atoms with Gasteiger partial charge in [-0.3, -0.25) is 4.79 Å². The molecule has 1 atom stereocenters. The lowest BCUT2D eigenvalue weighted by Crippen LogP contribution is -2.31. The first-order valence-corrected chi connectivity index (χ1v) is 8.06. The standard InChI is InChI=1S/C16H15Br2NO2/c1-11(12-5-7-13(17)8-6-12)19-16(20)10-21-15-4-2-3-14(18)9-15/h2-9,11H,10H2,1H3,(H,19,20)/t11-/m1/s1. The first kappa shape index (κ1) is 16.0. The summed E-state index contributed by atoms with van der Waals surface area (Å²) in [7, 11) is 0. The molecule has 0 heterocycles. The highest BCUT2D eigenvalue weighted by Gasteiger charge is 2.10. The van der Waals surface area contributed by atoms with Crippen molar-refractivity contribution in [2.75, 3.05) is 6.61 Å². The number of carbonyl (C=O) groups excluding carboxylic acids is 1. The Morgan fingerprint density at radius 2 is 1.86 bits per heavy atom. The van der Waals surface area contributed by atoms with Crippen LogP contribution in [0.3, 0.4) is 0 Å². The van der Waals surface area contributed by atoms with Crippen molar-refractivity contribution in [3.63, 3.8) is 0 Å². The van der Waals surface area contributed by atoms with Crippen LogP contribution in [0.25, 0.3) is 0 Å². The zero-order valence-corrected chi connectivity index (χ0v) is 14.6. The Morgan fingerprint density at radius 1 is 1.14 bits per heavy atom. The molecule has 5 heteroatoms. The number of amides is 1. The molecule has 2 rings (SSSR count). The van der Waals surface area contributed by atoms with E-state index in [1.165, 1.54) is 0 Å². The van der Waals surface area contributed by atoms with E-state index in [0.717, 1.165) is 14.5 Å². The van der Waals surface area contributed by atoms with Gasteiger partial charge in [-0.2, -0.15) is 0 Å². The van der Waals surface area contributed by atoms with Crippen molar-refractivity contribution in [1.29, 1.82) is 0 Å². The molecule has 0 saturated heterocycles. The fourth-order valence-electron chi connectivity index (χ4n) is 1.82. The average Bonchev–Trinajstić information content (AvgIpc) is 2.46. The van der Waals surface area contributed by atoms with Crippen LogP contribution in [0.5, 0.6) is 5.75 Å². The van der Waals surface area contributed by atoms with E-state index >= 15 is 0 Å². The molecule has 1 amide bonds. The minimum absolute atomic E-state index is 0.00266. The lowest BCUT2D eigenvalue weighted by atomic mass is 10.1. The van der Waals surface area contributed by atoms with Crippen molar-refractivity contribution in [1.82, 2.24) is 5.32 Å². The maximum absolute atomic E-state index is 11.9. The van der Waals surface area contributed by atoms with E-state index in [2.05, 4.69) is 37.2 Å². The van der Waals surface area contributed by atoms with Gasteiger partial charge in [0.25, 0.3) is 5.91 Å². The Morgan fingerprint density at radius 3 is 2.52 bits per heavy atom. The second-order valence-corrected chi connectivity index (χ2v) is 6.42. The number of carbonyl (C=O) groups is 1. The molecule has 0 aliphatic carbocycles. The Bertz CT molecular complexity index is 614. The zero-order chi connectivity index (χ0) is 15.2. The van der Waals surface area contributed by atoms with E-state index in [0.29, 0.717) is 5.75 Å². The second kappa shape index (κ2) is 7.61. The summed E-state index contributed by atoms with van der Waals surface area (Å²) in [6, 6.07) is 15.2. The van der Waals surface area contributed by atoms with Crippen molar-refractivity contribution in [2.45, 2.75) is 13.0 Å². The van der Waals surface area contributed by atoms with Gasteiger partial charge >= 0.3 is 0 Å².